The van der Waals surface area contributed by atoms with Crippen molar-refractivity contribution >= 4 is 5.91 Å². The molecule has 1 fully saturated rings. The lowest BCUT2D eigenvalue weighted by Crippen LogP contribution is -2.32. The van der Waals surface area contributed by atoms with Gasteiger partial charge in [0.25, 0.3) is 11.5 Å². The van der Waals surface area contributed by atoms with E-state index in [2.05, 4.69) is 20.3 Å². The Kier molecular flexibility index (Phi) is 3.09. The maximum atomic E-state index is 12.2. The Bertz CT molecular complexity index is 666. The van der Waals surface area contributed by atoms with Crippen LogP contribution in [-0.4, -0.2) is 25.4 Å². The van der Waals surface area contributed by atoms with E-state index in [-0.39, 0.29) is 23.2 Å². The first-order valence-electron chi connectivity index (χ1n) is 6.48. The van der Waals surface area contributed by atoms with Crippen LogP contribution in [-0.2, 0) is 7.05 Å². The molecule has 0 unspecified atom stereocenters. The Hall–Kier alpha value is -2.44. The van der Waals surface area contributed by atoms with Crippen LogP contribution in [0.4, 0.5) is 0 Å². The first-order valence-corrected chi connectivity index (χ1v) is 6.48. The third-order valence-electron chi connectivity index (χ3n) is 3.42. The third kappa shape index (κ3) is 2.47. The van der Waals surface area contributed by atoms with Gasteiger partial charge in [-0.3, -0.25) is 9.59 Å². The van der Waals surface area contributed by atoms with Gasteiger partial charge in [-0.2, -0.15) is 0 Å². The molecular weight excluding hydrogens is 258 g/mol. The maximum Gasteiger partial charge on any atom is 0.271 e. The van der Waals surface area contributed by atoms with Gasteiger partial charge in [-0.05, 0) is 18.8 Å². The Morgan fingerprint density at radius 3 is 2.85 bits per heavy atom. The summed E-state index contributed by atoms with van der Waals surface area (Å²) >= 11 is 0. The number of H-pyrrole nitrogens is 1. The molecule has 2 heterocycles. The molecule has 0 spiro atoms. The Morgan fingerprint density at radius 2 is 2.30 bits per heavy atom. The van der Waals surface area contributed by atoms with Crippen molar-refractivity contribution in [3.63, 3.8) is 0 Å². The van der Waals surface area contributed by atoms with E-state index in [9.17, 15) is 9.59 Å². The summed E-state index contributed by atoms with van der Waals surface area (Å²) in [7, 11) is 1.90. The predicted molar refractivity (Wildman–Crippen MR) is 71.0 cm³/mol. The van der Waals surface area contributed by atoms with E-state index in [1.165, 1.54) is 6.20 Å². The highest BCUT2D eigenvalue weighted by atomic mass is 16.2. The van der Waals surface area contributed by atoms with Gasteiger partial charge in [-0.1, -0.05) is 0 Å². The SMILES string of the molecule is Cn1ccnc1[C@@H](NC(=O)c1c[nH]c(=O)cn1)C1CC1. The molecule has 2 aromatic rings. The minimum Gasteiger partial charge on any atom is -0.340 e. The normalized spacial score (nSPS) is 15.8. The Labute approximate surface area is 115 Å². The van der Waals surface area contributed by atoms with Crippen LogP contribution in [0.15, 0.2) is 29.6 Å². The van der Waals surface area contributed by atoms with Gasteiger partial charge in [-0.25, -0.2) is 9.97 Å². The van der Waals surface area contributed by atoms with Crippen LogP contribution in [0.25, 0.3) is 0 Å². The van der Waals surface area contributed by atoms with Gasteiger partial charge in [0, 0.05) is 25.6 Å². The highest BCUT2D eigenvalue weighted by Crippen LogP contribution is 2.40. The molecule has 1 amide bonds. The smallest absolute Gasteiger partial charge is 0.271 e. The van der Waals surface area contributed by atoms with E-state index in [4.69, 9.17) is 0 Å². The molecule has 1 atom stereocenters. The summed E-state index contributed by atoms with van der Waals surface area (Å²) < 4.78 is 1.91. The molecule has 1 aliphatic rings. The summed E-state index contributed by atoms with van der Waals surface area (Å²) in [6, 6.07) is -0.115. The van der Waals surface area contributed by atoms with Crippen LogP contribution in [0.1, 0.15) is 35.2 Å². The first-order chi connectivity index (χ1) is 9.65. The molecule has 0 radical (unpaired) electrons. The number of rotatable bonds is 4. The number of aromatic nitrogens is 4. The van der Waals surface area contributed by atoms with E-state index in [1.54, 1.807) is 6.20 Å². The number of hydrogen-bond donors (Lipinski definition) is 2. The molecule has 7 heteroatoms. The lowest BCUT2D eigenvalue weighted by molar-refractivity contribution is 0.0923. The van der Waals surface area contributed by atoms with Gasteiger partial charge in [-0.15, -0.1) is 0 Å². The summed E-state index contributed by atoms with van der Waals surface area (Å²) in [6.07, 6.45) is 8.15. The molecule has 2 aromatic heterocycles. The van der Waals surface area contributed by atoms with Gasteiger partial charge in [0.15, 0.2) is 0 Å². The molecule has 0 aliphatic heterocycles. The van der Waals surface area contributed by atoms with Crippen LogP contribution in [0, 0.1) is 5.92 Å². The lowest BCUT2D eigenvalue weighted by Gasteiger charge is -2.17. The van der Waals surface area contributed by atoms with Crippen molar-refractivity contribution < 1.29 is 4.79 Å². The van der Waals surface area contributed by atoms with E-state index in [0.717, 1.165) is 24.9 Å². The number of carbonyl (C=O) groups is 1. The number of nitrogens with one attached hydrogen (secondary N) is 2. The molecule has 0 aromatic carbocycles. The number of nitrogens with zero attached hydrogens (tertiary/aromatic N) is 3. The van der Waals surface area contributed by atoms with Crippen LogP contribution >= 0.6 is 0 Å². The van der Waals surface area contributed by atoms with Crippen molar-refractivity contribution in [2.24, 2.45) is 13.0 Å². The lowest BCUT2D eigenvalue weighted by atomic mass is 10.1. The summed E-state index contributed by atoms with van der Waals surface area (Å²) in [5, 5.41) is 2.95. The summed E-state index contributed by atoms with van der Waals surface area (Å²) in [5.74, 6) is 0.953. The van der Waals surface area contributed by atoms with Crippen LogP contribution in [0.5, 0.6) is 0 Å². The zero-order chi connectivity index (χ0) is 14.1. The highest BCUT2D eigenvalue weighted by Gasteiger charge is 2.36. The van der Waals surface area contributed by atoms with E-state index in [1.807, 2.05) is 17.8 Å². The molecule has 3 rings (SSSR count). The predicted octanol–water partition coefficient (Wildman–Crippen LogP) is 0.384. The zero-order valence-corrected chi connectivity index (χ0v) is 11.0. The molecule has 20 heavy (non-hydrogen) atoms. The highest BCUT2D eigenvalue weighted by molar-refractivity contribution is 5.92. The van der Waals surface area contributed by atoms with Crippen molar-refractivity contribution in [2.45, 2.75) is 18.9 Å². The van der Waals surface area contributed by atoms with E-state index < -0.39 is 0 Å². The average molecular weight is 273 g/mol. The average Bonchev–Trinajstić information content (AvgIpc) is 3.19. The Balaban J connectivity index is 1.80. The second-order valence-corrected chi connectivity index (χ2v) is 4.98. The first kappa shape index (κ1) is 12.6. The molecule has 0 saturated heterocycles. The summed E-state index contributed by atoms with van der Waals surface area (Å²) in [6.45, 7) is 0. The van der Waals surface area contributed by atoms with Gasteiger partial charge in [0.05, 0.1) is 12.2 Å². The van der Waals surface area contributed by atoms with E-state index in [0.29, 0.717) is 5.92 Å². The maximum absolute atomic E-state index is 12.2. The number of hydrogen-bond acceptors (Lipinski definition) is 4. The number of aromatic amines is 1. The molecule has 104 valence electrons. The number of carbonyl (C=O) groups excluding carboxylic acids is 1. The largest absolute Gasteiger partial charge is 0.340 e. The second kappa shape index (κ2) is 4.92. The van der Waals surface area contributed by atoms with Gasteiger partial charge in [0.2, 0.25) is 0 Å². The van der Waals surface area contributed by atoms with Crippen molar-refractivity contribution in [3.8, 4) is 0 Å². The summed E-state index contributed by atoms with van der Waals surface area (Å²) in [4.78, 5) is 33.7. The molecular formula is C13H15N5O2. The van der Waals surface area contributed by atoms with Gasteiger partial charge < -0.3 is 14.9 Å². The molecule has 2 N–H and O–H groups in total. The van der Waals surface area contributed by atoms with Crippen LogP contribution in [0.2, 0.25) is 0 Å². The topological polar surface area (TPSA) is 92.7 Å². The standard InChI is InChI=1S/C13H15N5O2/c1-18-5-4-14-12(18)11(8-2-3-8)17-13(20)9-6-16-10(19)7-15-9/h4-8,11H,2-3H2,1H3,(H,16,19)(H,17,20)/t11-/m0/s1. The zero-order valence-electron chi connectivity index (χ0n) is 11.0. The fraction of sp³-hybridized carbons (Fsp3) is 0.385. The molecule has 1 aliphatic carbocycles. The Morgan fingerprint density at radius 1 is 1.50 bits per heavy atom. The summed E-state index contributed by atoms with van der Waals surface area (Å²) in [5.41, 5.74) is -0.131. The van der Waals surface area contributed by atoms with E-state index >= 15 is 0 Å². The van der Waals surface area contributed by atoms with Gasteiger partial charge >= 0.3 is 0 Å². The van der Waals surface area contributed by atoms with Crippen molar-refractivity contribution in [2.75, 3.05) is 0 Å². The van der Waals surface area contributed by atoms with Crippen molar-refractivity contribution in [3.05, 3.63) is 46.7 Å². The molecule has 7 nitrogen and oxygen atoms in total. The number of imidazole rings is 1. The number of amides is 1. The van der Waals surface area contributed by atoms with Crippen molar-refractivity contribution in [1.29, 1.82) is 0 Å². The molecule has 0 bridgehead atoms. The minimum absolute atomic E-state index is 0.115. The van der Waals surface area contributed by atoms with Crippen molar-refractivity contribution in [1.82, 2.24) is 24.8 Å². The quantitative estimate of drug-likeness (QED) is 0.842. The number of aryl methyl sites for hydroxylation is 1. The third-order valence-corrected chi connectivity index (χ3v) is 3.42. The van der Waals surface area contributed by atoms with Crippen LogP contribution < -0.4 is 10.9 Å². The van der Waals surface area contributed by atoms with Crippen LogP contribution in [0.3, 0.4) is 0 Å². The fourth-order valence-corrected chi connectivity index (χ4v) is 2.18. The fourth-order valence-electron chi connectivity index (χ4n) is 2.18. The second-order valence-electron chi connectivity index (χ2n) is 4.98. The van der Waals surface area contributed by atoms with Gasteiger partial charge in [0.1, 0.15) is 11.5 Å². The minimum atomic E-state index is -0.329. The monoisotopic (exact) mass is 273 g/mol. The molecule has 1 saturated carbocycles.